The van der Waals surface area contributed by atoms with Crippen LogP contribution < -0.4 is 19.7 Å². The van der Waals surface area contributed by atoms with E-state index in [2.05, 4.69) is 5.32 Å². The second-order valence-corrected chi connectivity index (χ2v) is 9.74. The maximum Gasteiger partial charge on any atom is 0.266 e. The Morgan fingerprint density at radius 1 is 0.452 bits per heavy atom. The van der Waals surface area contributed by atoms with Crippen LogP contribution in [0.5, 0.6) is 23.0 Å². The molecule has 0 radical (unpaired) electrons. The van der Waals surface area contributed by atoms with Gasteiger partial charge in [0.15, 0.2) is 0 Å². The molecule has 0 fully saturated rings. The summed E-state index contributed by atoms with van der Waals surface area (Å²) in [6, 6.07) is 33.1. The minimum atomic E-state index is -0.471. The fourth-order valence-electron chi connectivity index (χ4n) is 5.05. The molecule has 5 aromatic carbocycles. The predicted octanol–water partition coefficient (Wildman–Crippen LogP) is 6.62. The number of nitrogens with one attached hydrogen (secondary N) is 1. The van der Waals surface area contributed by atoms with E-state index in [-0.39, 0.29) is 16.7 Å². The van der Waals surface area contributed by atoms with Gasteiger partial charge in [-0.2, -0.15) is 0 Å². The third kappa shape index (κ3) is 4.37. The number of ether oxygens (including phenoxy) is 2. The van der Waals surface area contributed by atoms with E-state index < -0.39 is 23.6 Å². The quantitative estimate of drug-likeness (QED) is 0.238. The van der Waals surface area contributed by atoms with Crippen LogP contribution in [0.25, 0.3) is 11.1 Å². The molecule has 42 heavy (non-hydrogen) atoms. The molecule has 0 bridgehead atoms. The highest BCUT2D eigenvalue weighted by molar-refractivity contribution is 6.34. The van der Waals surface area contributed by atoms with Crippen LogP contribution in [0.2, 0.25) is 0 Å². The Hall–Kier alpha value is -6.02. The molecule has 2 aliphatic heterocycles. The number of para-hydroxylation sites is 1. The summed E-state index contributed by atoms with van der Waals surface area (Å²) in [5.41, 5.74) is 2.75. The number of hydrogen-bond acceptors (Lipinski definition) is 6. The van der Waals surface area contributed by atoms with E-state index in [9.17, 15) is 19.2 Å². The average Bonchev–Trinajstić information content (AvgIpc) is 3.43. The molecule has 0 aromatic heterocycles. The van der Waals surface area contributed by atoms with E-state index >= 15 is 0 Å². The van der Waals surface area contributed by atoms with Crippen molar-refractivity contribution in [3.8, 4) is 34.1 Å². The van der Waals surface area contributed by atoms with Gasteiger partial charge in [-0.1, -0.05) is 42.5 Å². The van der Waals surface area contributed by atoms with Gasteiger partial charge in [-0.3, -0.25) is 24.5 Å². The summed E-state index contributed by atoms with van der Waals surface area (Å²) in [4.78, 5) is 52.0. The first kappa shape index (κ1) is 25.0. The lowest BCUT2D eigenvalue weighted by Gasteiger charge is -2.15. The molecule has 202 valence electrons. The van der Waals surface area contributed by atoms with Crippen LogP contribution >= 0.6 is 0 Å². The maximum atomic E-state index is 13.5. The number of nitrogens with zero attached hydrogens (tertiary/aromatic N) is 1. The van der Waals surface area contributed by atoms with E-state index in [1.165, 1.54) is 0 Å². The summed E-state index contributed by atoms with van der Waals surface area (Å²) in [6.07, 6.45) is 0. The van der Waals surface area contributed by atoms with Crippen molar-refractivity contribution in [2.45, 2.75) is 0 Å². The number of carbonyl (C=O) groups excluding carboxylic acids is 4. The predicted molar refractivity (Wildman–Crippen MR) is 154 cm³/mol. The zero-order chi connectivity index (χ0) is 28.8. The zero-order valence-corrected chi connectivity index (χ0v) is 21.9. The van der Waals surface area contributed by atoms with Gasteiger partial charge in [-0.25, -0.2) is 4.90 Å². The van der Waals surface area contributed by atoms with E-state index in [0.29, 0.717) is 45.4 Å². The topological polar surface area (TPSA) is 102 Å². The number of hydrogen-bond donors (Lipinski definition) is 1. The van der Waals surface area contributed by atoms with Crippen molar-refractivity contribution in [3.05, 3.63) is 138 Å². The van der Waals surface area contributed by atoms with Crippen molar-refractivity contribution >= 4 is 29.3 Å². The van der Waals surface area contributed by atoms with Gasteiger partial charge >= 0.3 is 0 Å². The minimum absolute atomic E-state index is 0.246. The molecular weight excluding hydrogens is 532 g/mol. The van der Waals surface area contributed by atoms with Crippen LogP contribution in [-0.4, -0.2) is 23.6 Å². The minimum Gasteiger partial charge on any atom is -0.457 e. The van der Waals surface area contributed by atoms with Gasteiger partial charge in [0.25, 0.3) is 23.6 Å². The van der Waals surface area contributed by atoms with Crippen molar-refractivity contribution in [1.82, 2.24) is 5.32 Å². The molecule has 0 saturated carbocycles. The number of imide groups is 2. The van der Waals surface area contributed by atoms with Crippen molar-refractivity contribution < 1.29 is 28.7 Å². The highest BCUT2D eigenvalue weighted by Gasteiger charge is 2.37. The third-order valence-corrected chi connectivity index (χ3v) is 7.05. The second kappa shape index (κ2) is 9.87. The first-order chi connectivity index (χ1) is 20.4. The maximum absolute atomic E-state index is 13.5. The summed E-state index contributed by atoms with van der Waals surface area (Å²) in [6.45, 7) is 0. The Labute approximate surface area is 239 Å². The van der Waals surface area contributed by atoms with Gasteiger partial charge in [0.05, 0.1) is 27.9 Å². The number of anilines is 1. The highest BCUT2D eigenvalue weighted by Crippen LogP contribution is 2.35. The molecule has 2 aliphatic rings. The molecule has 8 heteroatoms. The standard InChI is InChI=1S/C34H20N2O6/c37-31-27-14-12-20(16-29(27)32(38)35-31)21-13-15-28-30(17-21)34(40)36(33(28)39)22-6-4-9-24(18-22)42-26-11-5-10-25(19-26)41-23-7-2-1-3-8-23/h1-19H,(H,35,37,38). The van der Waals surface area contributed by atoms with Crippen LogP contribution in [0.15, 0.2) is 115 Å². The Bertz CT molecular complexity index is 1950. The molecule has 0 aliphatic carbocycles. The molecule has 0 spiro atoms. The fourth-order valence-corrected chi connectivity index (χ4v) is 5.05. The van der Waals surface area contributed by atoms with Gasteiger partial charge in [0.2, 0.25) is 0 Å². The Morgan fingerprint density at radius 2 is 1.00 bits per heavy atom. The molecular formula is C34H20N2O6. The van der Waals surface area contributed by atoms with Gasteiger partial charge in [0, 0.05) is 12.1 Å². The lowest BCUT2D eigenvalue weighted by molar-refractivity contribution is 0.0874. The Kier molecular flexibility index (Phi) is 5.87. The fraction of sp³-hybridized carbons (Fsp3) is 0. The second-order valence-electron chi connectivity index (χ2n) is 9.74. The number of fused-ring (bicyclic) bond motifs is 2. The van der Waals surface area contributed by atoms with Crippen LogP contribution in [0.4, 0.5) is 5.69 Å². The molecule has 5 aromatic rings. The van der Waals surface area contributed by atoms with E-state index in [0.717, 1.165) is 4.90 Å². The molecule has 0 saturated heterocycles. The Balaban J connectivity index is 1.13. The van der Waals surface area contributed by atoms with E-state index in [1.54, 1.807) is 72.8 Å². The van der Waals surface area contributed by atoms with Gasteiger partial charge in [0.1, 0.15) is 23.0 Å². The molecule has 0 atom stereocenters. The number of rotatable bonds is 6. The first-order valence-corrected chi connectivity index (χ1v) is 13.1. The summed E-state index contributed by atoms with van der Waals surface area (Å²) in [7, 11) is 0. The average molecular weight is 553 g/mol. The monoisotopic (exact) mass is 552 g/mol. The number of amides is 4. The van der Waals surface area contributed by atoms with Gasteiger partial charge in [-0.15, -0.1) is 0 Å². The molecule has 8 nitrogen and oxygen atoms in total. The Morgan fingerprint density at radius 3 is 1.74 bits per heavy atom. The summed E-state index contributed by atoms with van der Waals surface area (Å²) in [5, 5.41) is 2.27. The van der Waals surface area contributed by atoms with Gasteiger partial charge < -0.3 is 9.47 Å². The zero-order valence-electron chi connectivity index (χ0n) is 21.9. The van der Waals surface area contributed by atoms with Crippen molar-refractivity contribution in [2.75, 3.05) is 4.90 Å². The number of carbonyl (C=O) groups is 4. The summed E-state index contributed by atoms with van der Waals surface area (Å²) >= 11 is 0. The van der Waals surface area contributed by atoms with Crippen LogP contribution in [0.1, 0.15) is 41.4 Å². The smallest absolute Gasteiger partial charge is 0.266 e. The molecule has 0 unspecified atom stereocenters. The normalized spacial score (nSPS) is 13.6. The van der Waals surface area contributed by atoms with Crippen molar-refractivity contribution in [2.24, 2.45) is 0 Å². The number of benzene rings is 5. The molecule has 7 rings (SSSR count). The largest absolute Gasteiger partial charge is 0.457 e. The lowest BCUT2D eigenvalue weighted by atomic mass is 9.97. The molecule has 4 amide bonds. The van der Waals surface area contributed by atoms with Crippen molar-refractivity contribution in [3.63, 3.8) is 0 Å². The summed E-state index contributed by atoms with van der Waals surface area (Å²) in [5.74, 6) is 0.435. The van der Waals surface area contributed by atoms with Crippen molar-refractivity contribution in [1.29, 1.82) is 0 Å². The van der Waals surface area contributed by atoms with E-state index in [4.69, 9.17) is 9.47 Å². The molecule has 1 N–H and O–H groups in total. The third-order valence-electron chi connectivity index (χ3n) is 7.05. The van der Waals surface area contributed by atoms with Crippen LogP contribution in [-0.2, 0) is 0 Å². The SMILES string of the molecule is O=C1NC(=O)c2cc(-c3ccc4c(c3)C(=O)N(c3cccc(Oc5cccc(Oc6ccccc6)c5)c3)C4=O)ccc21. The van der Waals surface area contributed by atoms with Crippen LogP contribution in [0, 0.1) is 0 Å². The lowest BCUT2D eigenvalue weighted by Crippen LogP contribution is -2.29. The van der Waals surface area contributed by atoms with Gasteiger partial charge in [-0.05, 0) is 71.8 Å². The van der Waals surface area contributed by atoms with Crippen LogP contribution in [0.3, 0.4) is 0 Å². The highest BCUT2D eigenvalue weighted by atomic mass is 16.5. The first-order valence-electron chi connectivity index (χ1n) is 13.1. The van der Waals surface area contributed by atoms with E-state index in [1.807, 2.05) is 42.5 Å². The summed E-state index contributed by atoms with van der Waals surface area (Å²) < 4.78 is 11.9. The molecule has 2 heterocycles.